The highest BCUT2D eigenvalue weighted by atomic mass is 16.2. The number of hydrogen-bond acceptors (Lipinski definition) is 3. The standard InChI is InChI=1S/C14H14N4O2/c1-10-3-2-4-12(9-10)16-14(20)18-17-13(19)11-5-7-15-8-6-11/h2-9H,1H3,(H,17,19)(H2,16,18,20). The Hall–Kier alpha value is -2.89. The molecule has 0 bridgehead atoms. The van der Waals surface area contributed by atoms with Crippen molar-refractivity contribution in [3.63, 3.8) is 0 Å². The predicted octanol–water partition coefficient (Wildman–Crippen LogP) is 1.86. The van der Waals surface area contributed by atoms with Crippen LogP contribution in [0.3, 0.4) is 0 Å². The van der Waals surface area contributed by atoms with E-state index in [-0.39, 0.29) is 0 Å². The molecule has 2 rings (SSSR count). The number of hydrazine groups is 1. The number of anilines is 1. The van der Waals surface area contributed by atoms with Gasteiger partial charge in [-0.3, -0.25) is 15.2 Å². The van der Waals surface area contributed by atoms with Crippen LogP contribution in [0.25, 0.3) is 0 Å². The molecule has 0 fully saturated rings. The van der Waals surface area contributed by atoms with Crippen molar-refractivity contribution in [2.24, 2.45) is 0 Å². The van der Waals surface area contributed by atoms with Crippen molar-refractivity contribution in [1.82, 2.24) is 15.8 Å². The van der Waals surface area contributed by atoms with Gasteiger partial charge in [0.1, 0.15) is 0 Å². The van der Waals surface area contributed by atoms with Crippen LogP contribution in [0.1, 0.15) is 15.9 Å². The maximum absolute atomic E-state index is 11.7. The van der Waals surface area contributed by atoms with Crippen molar-refractivity contribution in [1.29, 1.82) is 0 Å². The molecule has 3 amide bonds. The minimum absolute atomic E-state index is 0.410. The van der Waals surface area contributed by atoms with Crippen LogP contribution in [-0.2, 0) is 0 Å². The van der Waals surface area contributed by atoms with Gasteiger partial charge in [0.05, 0.1) is 0 Å². The van der Waals surface area contributed by atoms with Crippen LogP contribution in [0.4, 0.5) is 10.5 Å². The van der Waals surface area contributed by atoms with E-state index < -0.39 is 11.9 Å². The van der Waals surface area contributed by atoms with E-state index in [1.54, 1.807) is 18.2 Å². The molecule has 6 nitrogen and oxygen atoms in total. The summed E-state index contributed by atoms with van der Waals surface area (Å²) in [6.07, 6.45) is 3.00. The zero-order valence-electron chi connectivity index (χ0n) is 10.9. The van der Waals surface area contributed by atoms with Crippen molar-refractivity contribution in [2.75, 3.05) is 5.32 Å². The fourth-order valence-corrected chi connectivity index (χ4v) is 1.57. The van der Waals surface area contributed by atoms with E-state index >= 15 is 0 Å². The Morgan fingerprint density at radius 3 is 2.50 bits per heavy atom. The molecule has 0 aliphatic heterocycles. The van der Waals surface area contributed by atoms with Gasteiger partial charge < -0.3 is 5.32 Å². The van der Waals surface area contributed by atoms with E-state index in [9.17, 15) is 9.59 Å². The predicted molar refractivity (Wildman–Crippen MR) is 75.0 cm³/mol. The van der Waals surface area contributed by atoms with E-state index in [1.165, 1.54) is 12.4 Å². The molecule has 0 saturated heterocycles. The van der Waals surface area contributed by atoms with Gasteiger partial charge >= 0.3 is 6.03 Å². The molecule has 1 aromatic carbocycles. The van der Waals surface area contributed by atoms with E-state index in [2.05, 4.69) is 21.2 Å². The lowest BCUT2D eigenvalue weighted by atomic mass is 10.2. The van der Waals surface area contributed by atoms with Crippen molar-refractivity contribution < 1.29 is 9.59 Å². The van der Waals surface area contributed by atoms with Crippen molar-refractivity contribution >= 4 is 17.6 Å². The highest BCUT2D eigenvalue weighted by molar-refractivity contribution is 5.96. The summed E-state index contributed by atoms with van der Waals surface area (Å²) in [6, 6.07) is 9.93. The maximum Gasteiger partial charge on any atom is 0.337 e. The van der Waals surface area contributed by atoms with E-state index in [0.29, 0.717) is 11.3 Å². The number of rotatable bonds is 2. The van der Waals surface area contributed by atoms with Crippen LogP contribution >= 0.6 is 0 Å². The van der Waals surface area contributed by atoms with Gasteiger partial charge in [-0.15, -0.1) is 0 Å². The molecule has 2 aromatic rings. The molecule has 1 heterocycles. The normalized spacial score (nSPS) is 9.65. The number of carbonyl (C=O) groups is 2. The minimum atomic E-state index is -0.516. The Labute approximate surface area is 116 Å². The van der Waals surface area contributed by atoms with Crippen LogP contribution in [0, 0.1) is 6.92 Å². The molecule has 0 spiro atoms. The van der Waals surface area contributed by atoms with Gasteiger partial charge in [-0.2, -0.15) is 0 Å². The third kappa shape index (κ3) is 3.81. The summed E-state index contributed by atoms with van der Waals surface area (Å²) in [5.74, 6) is -0.410. The number of urea groups is 1. The summed E-state index contributed by atoms with van der Waals surface area (Å²) in [5.41, 5.74) is 6.68. The number of carbonyl (C=O) groups excluding carboxylic acids is 2. The Bertz CT molecular complexity index is 614. The second-order valence-electron chi connectivity index (χ2n) is 4.14. The second kappa shape index (κ2) is 6.33. The van der Waals surface area contributed by atoms with Gasteiger partial charge in [-0.05, 0) is 36.8 Å². The summed E-state index contributed by atoms with van der Waals surface area (Å²) in [7, 11) is 0. The van der Waals surface area contributed by atoms with Gasteiger partial charge in [0, 0.05) is 23.6 Å². The first-order valence-corrected chi connectivity index (χ1v) is 5.99. The first-order valence-electron chi connectivity index (χ1n) is 5.99. The third-order valence-electron chi connectivity index (χ3n) is 2.51. The largest absolute Gasteiger partial charge is 0.337 e. The molecule has 0 aliphatic carbocycles. The van der Waals surface area contributed by atoms with Gasteiger partial charge in [0.2, 0.25) is 0 Å². The van der Waals surface area contributed by atoms with Crippen LogP contribution in [0.15, 0.2) is 48.8 Å². The van der Waals surface area contributed by atoms with Crippen molar-refractivity contribution in [3.05, 3.63) is 59.9 Å². The number of hydrogen-bond donors (Lipinski definition) is 3. The molecule has 20 heavy (non-hydrogen) atoms. The number of benzene rings is 1. The zero-order valence-corrected chi connectivity index (χ0v) is 10.9. The Kier molecular flexibility index (Phi) is 4.28. The minimum Gasteiger partial charge on any atom is -0.307 e. The van der Waals surface area contributed by atoms with Crippen LogP contribution in [-0.4, -0.2) is 16.9 Å². The van der Waals surface area contributed by atoms with Gasteiger partial charge in [-0.1, -0.05) is 12.1 Å². The summed E-state index contributed by atoms with van der Waals surface area (Å²) in [4.78, 5) is 27.1. The number of aromatic nitrogens is 1. The van der Waals surface area contributed by atoms with Gasteiger partial charge in [0.15, 0.2) is 0 Å². The SMILES string of the molecule is Cc1cccc(NC(=O)NNC(=O)c2ccncc2)c1. The lowest BCUT2D eigenvalue weighted by Crippen LogP contribution is -2.43. The highest BCUT2D eigenvalue weighted by Gasteiger charge is 2.06. The molecule has 1 aromatic heterocycles. The number of pyridine rings is 1. The summed E-state index contributed by atoms with van der Waals surface area (Å²) in [5, 5.41) is 2.61. The number of aryl methyl sites for hydroxylation is 1. The summed E-state index contributed by atoms with van der Waals surface area (Å²) < 4.78 is 0. The molecular weight excluding hydrogens is 256 g/mol. The summed E-state index contributed by atoms with van der Waals surface area (Å²) in [6.45, 7) is 1.92. The van der Waals surface area contributed by atoms with Crippen molar-refractivity contribution in [2.45, 2.75) is 6.92 Å². The van der Waals surface area contributed by atoms with Crippen LogP contribution < -0.4 is 16.2 Å². The maximum atomic E-state index is 11.7. The van der Waals surface area contributed by atoms with Gasteiger partial charge in [0.25, 0.3) is 5.91 Å². The molecule has 3 N–H and O–H groups in total. The average molecular weight is 270 g/mol. The Balaban J connectivity index is 1.85. The number of nitrogens with one attached hydrogen (secondary N) is 3. The molecular formula is C14H14N4O2. The molecule has 0 radical (unpaired) electrons. The highest BCUT2D eigenvalue weighted by Crippen LogP contribution is 2.08. The summed E-state index contributed by atoms with van der Waals surface area (Å²) >= 11 is 0. The zero-order chi connectivity index (χ0) is 14.4. The molecule has 0 aliphatic rings. The first-order chi connectivity index (χ1) is 9.65. The number of nitrogens with zero attached hydrogens (tertiary/aromatic N) is 1. The Morgan fingerprint density at radius 2 is 1.80 bits per heavy atom. The fourth-order valence-electron chi connectivity index (χ4n) is 1.57. The molecule has 0 unspecified atom stereocenters. The Morgan fingerprint density at radius 1 is 1.05 bits per heavy atom. The van der Waals surface area contributed by atoms with E-state index in [0.717, 1.165) is 5.56 Å². The first kappa shape index (κ1) is 13.5. The molecule has 0 saturated carbocycles. The quantitative estimate of drug-likeness (QED) is 0.728. The van der Waals surface area contributed by atoms with Crippen LogP contribution in [0.2, 0.25) is 0 Å². The topological polar surface area (TPSA) is 83.1 Å². The lowest BCUT2D eigenvalue weighted by Gasteiger charge is -2.09. The van der Waals surface area contributed by atoms with E-state index in [1.807, 2.05) is 25.1 Å². The monoisotopic (exact) mass is 270 g/mol. The second-order valence-corrected chi connectivity index (χ2v) is 4.14. The van der Waals surface area contributed by atoms with Crippen molar-refractivity contribution in [3.8, 4) is 0 Å². The molecule has 102 valence electrons. The van der Waals surface area contributed by atoms with E-state index in [4.69, 9.17) is 0 Å². The molecule has 0 atom stereocenters. The third-order valence-corrected chi connectivity index (χ3v) is 2.51. The van der Waals surface area contributed by atoms with Crippen LogP contribution in [0.5, 0.6) is 0 Å². The fraction of sp³-hybridized carbons (Fsp3) is 0.0714. The average Bonchev–Trinajstić information content (AvgIpc) is 2.46. The van der Waals surface area contributed by atoms with Gasteiger partial charge in [-0.25, -0.2) is 10.2 Å². The lowest BCUT2D eigenvalue weighted by molar-refractivity contribution is 0.0938. The smallest absolute Gasteiger partial charge is 0.307 e. The number of amides is 3. The molecule has 6 heteroatoms.